The van der Waals surface area contributed by atoms with Crippen LogP contribution < -0.4 is 10.5 Å². The van der Waals surface area contributed by atoms with Crippen molar-refractivity contribution < 1.29 is 4.74 Å². The molecule has 0 aliphatic heterocycles. The molecule has 106 valence electrons. The summed E-state index contributed by atoms with van der Waals surface area (Å²) in [6.45, 7) is 6.81. The number of nitrogens with two attached hydrogens (primary N) is 1. The lowest BCUT2D eigenvalue weighted by molar-refractivity contribution is 0.304. The standard InChI is InChI=1S/C18H23NO/c1-4-15-5-7-16(8-6-15)12-20-18-10-9-17(14(3)19)11-13(18)2/h5-11,14H,4,12,19H2,1-3H3. The zero-order valence-electron chi connectivity index (χ0n) is 12.5. The minimum absolute atomic E-state index is 0.0596. The topological polar surface area (TPSA) is 35.2 Å². The molecule has 0 saturated carbocycles. The van der Waals surface area contributed by atoms with Gasteiger partial charge in [-0.05, 0) is 48.6 Å². The summed E-state index contributed by atoms with van der Waals surface area (Å²) in [5, 5.41) is 0. The molecular formula is C18H23NO. The van der Waals surface area contributed by atoms with E-state index in [4.69, 9.17) is 10.5 Å². The van der Waals surface area contributed by atoms with Crippen LogP contribution in [-0.4, -0.2) is 0 Å². The Balaban J connectivity index is 2.03. The predicted molar refractivity (Wildman–Crippen MR) is 83.9 cm³/mol. The molecule has 0 aromatic heterocycles. The number of ether oxygens (including phenoxy) is 1. The maximum Gasteiger partial charge on any atom is 0.122 e. The fraction of sp³-hybridized carbons (Fsp3) is 0.333. The third-order valence-electron chi connectivity index (χ3n) is 3.55. The number of aryl methyl sites for hydroxylation is 2. The lowest BCUT2D eigenvalue weighted by Crippen LogP contribution is -2.05. The van der Waals surface area contributed by atoms with E-state index in [2.05, 4.69) is 44.2 Å². The number of hydrogen-bond donors (Lipinski definition) is 1. The molecule has 0 fully saturated rings. The second-order valence-electron chi connectivity index (χ2n) is 5.27. The Labute approximate surface area is 121 Å². The second kappa shape index (κ2) is 6.58. The van der Waals surface area contributed by atoms with Crippen molar-refractivity contribution in [2.24, 2.45) is 5.73 Å². The van der Waals surface area contributed by atoms with E-state index in [9.17, 15) is 0 Å². The molecule has 2 aromatic rings. The van der Waals surface area contributed by atoms with Crippen molar-refractivity contribution in [1.82, 2.24) is 0 Å². The fourth-order valence-corrected chi connectivity index (χ4v) is 2.15. The summed E-state index contributed by atoms with van der Waals surface area (Å²) < 4.78 is 5.89. The van der Waals surface area contributed by atoms with Gasteiger partial charge in [-0.3, -0.25) is 0 Å². The maximum absolute atomic E-state index is 5.89. The monoisotopic (exact) mass is 269 g/mol. The summed E-state index contributed by atoms with van der Waals surface area (Å²) in [6, 6.07) is 14.8. The lowest BCUT2D eigenvalue weighted by atomic mass is 10.1. The molecule has 2 aromatic carbocycles. The van der Waals surface area contributed by atoms with Crippen LogP contribution in [0.1, 0.15) is 42.1 Å². The first-order chi connectivity index (χ1) is 9.60. The van der Waals surface area contributed by atoms with E-state index in [1.54, 1.807) is 0 Å². The maximum atomic E-state index is 5.89. The second-order valence-corrected chi connectivity index (χ2v) is 5.27. The van der Waals surface area contributed by atoms with E-state index in [0.717, 1.165) is 23.3 Å². The Hall–Kier alpha value is -1.80. The Morgan fingerprint density at radius 2 is 1.70 bits per heavy atom. The molecule has 2 heteroatoms. The van der Waals surface area contributed by atoms with Gasteiger partial charge in [-0.2, -0.15) is 0 Å². The zero-order valence-corrected chi connectivity index (χ0v) is 12.5. The highest BCUT2D eigenvalue weighted by molar-refractivity contribution is 5.37. The Morgan fingerprint density at radius 1 is 1.05 bits per heavy atom. The van der Waals surface area contributed by atoms with Crippen molar-refractivity contribution in [3.63, 3.8) is 0 Å². The Bertz CT molecular complexity index is 558. The van der Waals surface area contributed by atoms with Crippen LogP contribution >= 0.6 is 0 Å². The zero-order chi connectivity index (χ0) is 14.5. The van der Waals surface area contributed by atoms with E-state index < -0.39 is 0 Å². The van der Waals surface area contributed by atoms with Crippen LogP contribution in [0.4, 0.5) is 0 Å². The SMILES string of the molecule is CCc1ccc(COc2ccc(C(C)N)cc2C)cc1. The molecule has 0 aliphatic rings. The molecule has 20 heavy (non-hydrogen) atoms. The molecule has 0 saturated heterocycles. The average molecular weight is 269 g/mol. The van der Waals surface area contributed by atoms with Gasteiger partial charge in [0.05, 0.1) is 0 Å². The molecule has 2 N–H and O–H groups in total. The van der Waals surface area contributed by atoms with Crippen LogP contribution in [0, 0.1) is 6.92 Å². The summed E-state index contributed by atoms with van der Waals surface area (Å²) in [6.07, 6.45) is 1.07. The van der Waals surface area contributed by atoms with Crippen LogP contribution in [0.5, 0.6) is 5.75 Å². The van der Waals surface area contributed by atoms with E-state index in [1.165, 1.54) is 11.1 Å². The van der Waals surface area contributed by atoms with E-state index in [1.807, 2.05) is 19.1 Å². The normalized spacial score (nSPS) is 12.2. The third kappa shape index (κ3) is 3.61. The van der Waals surface area contributed by atoms with Crippen molar-refractivity contribution in [2.75, 3.05) is 0 Å². The minimum atomic E-state index is 0.0596. The van der Waals surface area contributed by atoms with E-state index in [0.29, 0.717) is 6.61 Å². The lowest BCUT2D eigenvalue weighted by Gasteiger charge is -2.12. The molecule has 0 heterocycles. The van der Waals surface area contributed by atoms with Gasteiger partial charge in [-0.25, -0.2) is 0 Å². The summed E-state index contributed by atoms with van der Waals surface area (Å²) >= 11 is 0. The van der Waals surface area contributed by atoms with Crippen molar-refractivity contribution >= 4 is 0 Å². The largest absolute Gasteiger partial charge is 0.489 e. The molecule has 0 radical (unpaired) electrons. The Kier molecular flexibility index (Phi) is 4.80. The quantitative estimate of drug-likeness (QED) is 0.884. The van der Waals surface area contributed by atoms with Gasteiger partial charge in [-0.15, -0.1) is 0 Å². The molecule has 0 amide bonds. The predicted octanol–water partition coefficient (Wildman–Crippen LogP) is 4.16. The van der Waals surface area contributed by atoms with Gasteiger partial charge in [0.15, 0.2) is 0 Å². The minimum Gasteiger partial charge on any atom is -0.489 e. The van der Waals surface area contributed by atoms with Crippen LogP contribution in [0.15, 0.2) is 42.5 Å². The van der Waals surface area contributed by atoms with Crippen LogP contribution in [0.25, 0.3) is 0 Å². The molecule has 0 aliphatic carbocycles. The fourth-order valence-electron chi connectivity index (χ4n) is 2.15. The highest BCUT2D eigenvalue weighted by Gasteiger charge is 2.04. The van der Waals surface area contributed by atoms with Crippen molar-refractivity contribution in [3.05, 3.63) is 64.7 Å². The average Bonchev–Trinajstić information content (AvgIpc) is 2.46. The summed E-state index contributed by atoms with van der Waals surface area (Å²) in [7, 11) is 0. The molecule has 1 unspecified atom stereocenters. The number of rotatable bonds is 5. The number of benzene rings is 2. The Morgan fingerprint density at radius 3 is 2.25 bits per heavy atom. The van der Waals surface area contributed by atoms with Gasteiger partial charge in [-0.1, -0.05) is 43.3 Å². The summed E-state index contributed by atoms with van der Waals surface area (Å²) in [4.78, 5) is 0. The highest BCUT2D eigenvalue weighted by atomic mass is 16.5. The van der Waals surface area contributed by atoms with Crippen LogP contribution in [0.3, 0.4) is 0 Å². The summed E-state index contributed by atoms with van der Waals surface area (Å²) in [5.74, 6) is 0.925. The van der Waals surface area contributed by atoms with Crippen molar-refractivity contribution in [2.45, 2.75) is 39.8 Å². The molecule has 0 bridgehead atoms. The first-order valence-electron chi connectivity index (χ1n) is 7.17. The van der Waals surface area contributed by atoms with E-state index in [-0.39, 0.29) is 6.04 Å². The highest BCUT2D eigenvalue weighted by Crippen LogP contribution is 2.22. The molecular weight excluding hydrogens is 246 g/mol. The first kappa shape index (κ1) is 14.6. The smallest absolute Gasteiger partial charge is 0.122 e. The molecule has 2 nitrogen and oxygen atoms in total. The van der Waals surface area contributed by atoms with Crippen molar-refractivity contribution in [3.8, 4) is 5.75 Å². The molecule has 1 atom stereocenters. The van der Waals surface area contributed by atoms with Gasteiger partial charge in [0.1, 0.15) is 12.4 Å². The van der Waals surface area contributed by atoms with Gasteiger partial charge in [0.25, 0.3) is 0 Å². The number of hydrogen-bond acceptors (Lipinski definition) is 2. The van der Waals surface area contributed by atoms with Gasteiger partial charge < -0.3 is 10.5 Å². The molecule has 0 spiro atoms. The van der Waals surface area contributed by atoms with Gasteiger partial charge in [0.2, 0.25) is 0 Å². The van der Waals surface area contributed by atoms with Crippen LogP contribution in [-0.2, 0) is 13.0 Å². The van der Waals surface area contributed by atoms with Gasteiger partial charge >= 0.3 is 0 Å². The first-order valence-corrected chi connectivity index (χ1v) is 7.17. The van der Waals surface area contributed by atoms with Gasteiger partial charge in [0, 0.05) is 6.04 Å². The molecule has 2 rings (SSSR count). The third-order valence-corrected chi connectivity index (χ3v) is 3.55. The van der Waals surface area contributed by atoms with Crippen molar-refractivity contribution in [1.29, 1.82) is 0 Å². The van der Waals surface area contributed by atoms with Crippen LogP contribution in [0.2, 0.25) is 0 Å². The van der Waals surface area contributed by atoms with E-state index >= 15 is 0 Å². The summed E-state index contributed by atoms with van der Waals surface area (Å²) in [5.41, 5.74) is 10.7.